The molecule has 1 aromatic rings. The Bertz CT molecular complexity index is 329. The second-order valence-electron chi connectivity index (χ2n) is 3.13. The van der Waals surface area contributed by atoms with Crippen LogP contribution >= 0.6 is 27.3 Å². The van der Waals surface area contributed by atoms with Crippen LogP contribution in [-0.4, -0.2) is 19.1 Å². The van der Waals surface area contributed by atoms with E-state index in [0.29, 0.717) is 13.1 Å². The SMILES string of the molecule is CC(NCCNC(N)=O)c1cc(Br)cs1. The van der Waals surface area contributed by atoms with Crippen molar-refractivity contribution in [2.45, 2.75) is 13.0 Å². The van der Waals surface area contributed by atoms with Crippen LogP contribution in [0.2, 0.25) is 0 Å². The Labute approximate surface area is 101 Å². The number of halogens is 1. The van der Waals surface area contributed by atoms with Crippen LogP contribution in [0.15, 0.2) is 15.9 Å². The Hall–Kier alpha value is -0.590. The normalized spacial score (nSPS) is 12.4. The molecule has 84 valence electrons. The fraction of sp³-hybridized carbons (Fsp3) is 0.444. The van der Waals surface area contributed by atoms with E-state index in [9.17, 15) is 4.79 Å². The van der Waals surface area contributed by atoms with Gasteiger partial charge in [0.1, 0.15) is 0 Å². The lowest BCUT2D eigenvalue weighted by molar-refractivity contribution is 0.249. The highest BCUT2D eigenvalue weighted by molar-refractivity contribution is 9.10. The predicted molar refractivity (Wildman–Crippen MR) is 66.0 cm³/mol. The van der Waals surface area contributed by atoms with Crippen molar-refractivity contribution < 1.29 is 4.79 Å². The van der Waals surface area contributed by atoms with Gasteiger partial charge in [-0.05, 0) is 28.9 Å². The van der Waals surface area contributed by atoms with Crippen molar-refractivity contribution in [3.63, 3.8) is 0 Å². The maximum Gasteiger partial charge on any atom is 0.312 e. The van der Waals surface area contributed by atoms with Crippen LogP contribution in [0, 0.1) is 0 Å². The summed E-state index contributed by atoms with van der Waals surface area (Å²) in [5.41, 5.74) is 4.94. The summed E-state index contributed by atoms with van der Waals surface area (Å²) in [6.45, 7) is 3.34. The van der Waals surface area contributed by atoms with Crippen LogP contribution in [0.1, 0.15) is 17.8 Å². The topological polar surface area (TPSA) is 67.2 Å². The number of nitrogens with one attached hydrogen (secondary N) is 2. The number of nitrogens with two attached hydrogens (primary N) is 1. The molecule has 0 bridgehead atoms. The Morgan fingerprint density at radius 1 is 1.67 bits per heavy atom. The van der Waals surface area contributed by atoms with Crippen LogP contribution in [0.5, 0.6) is 0 Å². The van der Waals surface area contributed by atoms with E-state index in [0.717, 1.165) is 4.47 Å². The molecule has 15 heavy (non-hydrogen) atoms. The summed E-state index contributed by atoms with van der Waals surface area (Å²) in [6.07, 6.45) is 0. The Morgan fingerprint density at radius 3 is 2.93 bits per heavy atom. The predicted octanol–water partition coefficient (Wildman–Crippen LogP) is 1.83. The second-order valence-corrected chi connectivity index (χ2v) is 4.99. The van der Waals surface area contributed by atoms with Crippen molar-refractivity contribution in [2.24, 2.45) is 5.73 Å². The second kappa shape index (κ2) is 6.09. The number of carbonyl (C=O) groups is 1. The molecule has 6 heteroatoms. The summed E-state index contributed by atoms with van der Waals surface area (Å²) < 4.78 is 1.10. The first-order chi connectivity index (χ1) is 7.09. The molecule has 0 aliphatic carbocycles. The first kappa shape index (κ1) is 12.5. The van der Waals surface area contributed by atoms with Crippen molar-refractivity contribution in [3.05, 3.63) is 20.8 Å². The van der Waals surface area contributed by atoms with Gasteiger partial charge in [-0.1, -0.05) is 0 Å². The maximum atomic E-state index is 10.4. The van der Waals surface area contributed by atoms with E-state index in [4.69, 9.17) is 5.73 Å². The summed E-state index contributed by atoms with van der Waals surface area (Å²) in [4.78, 5) is 11.7. The third kappa shape index (κ3) is 4.63. The summed E-state index contributed by atoms with van der Waals surface area (Å²) in [7, 11) is 0. The number of rotatable bonds is 5. The van der Waals surface area contributed by atoms with Crippen LogP contribution < -0.4 is 16.4 Å². The fourth-order valence-corrected chi connectivity index (χ4v) is 2.61. The van der Waals surface area contributed by atoms with Crippen LogP contribution in [-0.2, 0) is 0 Å². The van der Waals surface area contributed by atoms with Crippen molar-refractivity contribution >= 4 is 33.3 Å². The Balaban J connectivity index is 2.24. The van der Waals surface area contributed by atoms with Gasteiger partial charge < -0.3 is 16.4 Å². The van der Waals surface area contributed by atoms with Gasteiger partial charge in [-0.15, -0.1) is 11.3 Å². The average molecular weight is 292 g/mol. The first-order valence-electron chi connectivity index (χ1n) is 4.60. The minimum Gasteiger partial charge on any atom is -0.352 e. The number of urea groups is 1. The van der Waals surface area contributed by atoms with E-state index in [1.807, 2.05) is 0 Å². The smallest absolute Gasteiger partial charge is 0.312 e. The molecule has 0 aliphatic rings. The molecule has 1 unspecified atom stereocenters. The summed E-state index contributed by atoms with van der Waals surface area (Å²) in [5.74, 6) is 0. The molecule has 2 amide bonds. The molecule has 0 radical (unpaired) electrons. The van der Waals surface area contributed by atoms with E-state index < -0.39 is 6.03 Å². The zero-order valence-corrected chi connectivity index (χ0v) is 10.8. The van der Waals surface area contributed by atoms with Gasteiger partial charge in [0.05, 0.1) is 0 Å². The van der Waals surface area contributed by atoms with E-state index in [1.54, 1.807) is 11.3 Å². The van der Waals surface area contributed by atoms with Crippen molar-refractivity contribution in [1.29, 1.82) is 0 Å². The van der Waals surface area contributed by atoms with Crippen molar-refractivity contribution in [3.8, 4) is 0 Å². The minimum absolute atomic E-state index is 0.288. The molecule has 1 aromatic heterocycles. The van der Waals surface area contributed by atoms with Crippen LogP contribution in [0.4, 0.5) is 4.79 Å². The molecule has 1 heterocycles. The molecule has 0 aliphatic heterocycles. The van der Waals surface area contributed by atoms with Gasteiger partial charge in [0.2, 0.25) is 0 Å². The number of amides is 2. The molecule has 4 nitrogen and oxygen atoms in total. The summed E-state index contributed by atoms with van der Waals surface area (Å²) >= 11 is 5.11. The van der Waals surface area contributed by atoms with Crippen molar-refractivity contribution in [2.75, 3.05) is 13.1 Å². The Morgan fingerprint density at radius 2 is 2.40 bits per heavy atom. The third-order valence-corrected chi connectivity index (χ3v) is 3.77. The first-order valence-corrected chi connectivity index (χ1v) is 6.27. The van der Waals surface area contributed by atoms with E-state index in [1.165, 1.54) is 4.88 Å². The number of thiophene rings is 1. The van der Waals surface area contributed by atoms with Gasteiger partial charge >= 0.3 is 6.03 Å². The zero-order chi connectivity index (χ0) is 11.3. The lowest BCUT2D eigenvalue weighted by Gasteiger charge is -2.11. The lowest BCUT2D eigenvalue weighted by Crippen LogP contribution is -2.35. The molecule has 1 rings (SSSR count). The highest BCUT2D eigenvalue weighted by atomic mass is 79.9. The average Bonchev–Trinajstić information content (AvgIpc) is 2.59. The van der Waals surface area contributed by atoms with Gasteiger partial charge in [-0.3, -0.25) is 0 Å². The molecular formula is C9H14BrN3OS. The maximum absolute atomic E-state index is 10.4. The number of hydrogen-bond donors (Lipinski definition) is 3. The standard InChI is InChI=1S/C9H14BrN3OS/c1-6(8-4-7(10)5-15-8)12-2-3-13-9(11)14/h4-6,12H,2-3H2,1H3,(H3,11,13,14). The van der Waals surface area contributed by atoms with Crippen LogP contribution in [0.3, 0.4) is 0 Å². The molecule has 0 saturated heterocycles. The Kier molecular flexibility index (Phi) is 5.07. The van der Waals surface area contributed by atoms with Gasteiger partial charge in [-0.2, -0.15) is 0 Å². The van der Waals surface area contributed by atoms with E-state index in [-0.39, 0.29) is 6.04 Å². The molecule has 0 aromatic carbocycles. The molecule has 0 saturated carbocycles. The molecule has 1 atom stereocenters. The van der Waals surface area contributed by atoms with E-state index >= 15 is 0 Å². The fourth-order valence-electron chi connectivity index (χ4n) is 1.13. The van der Waals surface area contributed by atoms with Gasteiger partial charge in [0.15, 0.2) is 0 Å². The van der Waals surface area contributed by atoms with Crippen LogP contribution in [0.25, 0.3) is 0 Å². The molecule has 0 spiro atoms. The summed E-state index contributed by atoms with van der Waals surface area (Å²) in [5, 5.41) is 7.87. The van der Waals surface area contributed by atoms with Gasteiger partial charge in [0.25, 0.3) is 0 Å². The quantitative estimate of drug-likeness (QED) is 0.725. The van der Waals surface area contributed by atoms with Gasteiger partial charge in [0, 0.05) is 33.9 Å². The largest absolute Gasteiger partial charge is 0.352 e. The number of hydrogen-bond acceptors (Lipinski definition) is 3. The number of primary amides is 1. The highest BCUT2D eigenvalue weighted by Crippen LogP contribution is 2.24. The lowest BCUT2D eigenvalue weighted by atomic mass is 10.3. The molecular weight excluding hydrogens is 278 g/mol. The number of carbonyl (C=O) groups excluding carboxylic acids is 1. The molecule has 0 fully saturated rings. The zero-order valence-electron chi connectivity index (χ0n) is 8.42. The van der Waals surface area contributed by atoms with Crippen molar-refractivity contribution in [1.82, 2.24) is 10.6 Å². The monoisotopic (exact) mass is 291 g/mol. The highest BCUT2D eigenvalue weighted by Gasteiger charge is 2.06. The molecule has 4 N–H and O–H groups in total. The minimum atomic E-state index is -0.483. The third-order valence-electron chi connectivity index (χ3n) is 1.89. The van der Waals surface area contributed by atoms with Gasteiger partial charge in [-0.25, -0.2) is 4.79 Å². The van der Waals surface area contributed by atoms with E-state index in [2.05, 4.69) is 44.9 Å². The summed E-state index contributed by atoms with van der Waals surface area (Å²) in [6, 6.07) is 1.89.